The van der Waals surface area contributed by atoms with Gasteiger partial charge in [0, 0.05) is 80.8 Å². The Morgan fingerprint density at radius 2 is 2.00 bits per heavy atom. The molecule has 7 nitrogen and oxygen atoms in total. The number of nitrogens with one attached hydrogen (secondary N) is 5. The number of hydrogen-bond donors (Lipinski definition) is 5. The number of rotatable bonds is 8. The van der Waals surface area contributed by atoms with Crippen molar-refractivity contribution in [2.24, 2.45) is 5.92 Å². The summed E-state index contributed by atoms with van der Waals surface area (Å²) in [6.45, 7) is 2.40. The third kappa shape index (κ3) is 5.48. The number of halogens is 2. The molecule has 1 aliphatic carbocycles. The van der Waals surface area contributed by atoms with Crippen LogP contribution >= 0.6 is 0 Å². The van der Waals surface area contributed by atoms with Crippen molar-refractivity contribution in [3.8, 4) is 0 Å². The summed E-state index contributed by atoms with van der Waals surface area (Å²) in [7, 11) is 1.76. The van der Waals surface area contributed by atoms with E-state index in [4.69, 9.17) is 10.8 Å². The molecule has 1 aromatic rings. The van der Waals surface area contributed by atoms with E-state index in [1.807, 2.05) is 12.1 Å². The first-order valence-corrected chi connectivity index (χ1v) is 10.2. The largest absolute Gasteiger partial charge is 0.393 e. The predicted molar refractivity (Wildman–Crippen MR) is 119 cm³/mol. The molecule has 166 valence electrons. The number of amides is 1. The van der Waals surface area contributed by atoms with Gasteiger partial charge in [0.2, 0.25) is 5.91 Å². The van der Waals surface area contributed by atoms with Gasteiger partial charge in [-0.25, -0.2) is 8.78 Å². The minimum atomic E-state index is -2.60. The zero-order chi connectivity index (χ0) is 22.6. The van der Waals surface area contributed by atoms with Gasteiger partial charge in [0.25, 0.3) is 5.92 Å². The molecule has 1 heterocycles. The lowest BCUT2D eigenvalue weighted by Gasteiger charge is -2.31. The van der Waals surface area contributed by atoms with E-state index in [0.29, 0.717) is 24.2 Å². The molecule has 9 heteroatoms. The quantitative estimate of drug-likeness (QED) is 0.323. The lowest BCUT2D eigenvalue weighted by molar-refractivity contribution is -0.128. The zero-order valence-corrected chi connectivity index (χ0v) is 17.7. The van der Waals surface area contributed by atoms with Gasteiger partial charge in [0.15, 0.2) is 0 Å². The van der Waals surface area contributed by atoms with Crippen LogP contribution in [-0.4, -0.2) is 55.5 Å². The number of anilines is 1. The molecule has 1 fully saturated rings. The van der Waals surface area contributed by atoms with Crippen LogP contribution in [0.5, 0.6) is 0 Å². The second kappa shape index (κ2) is 9.28. The van der Waals surface area contributed by atoms with Crippen LogP contribution in [0, 0.1) is 16.7 Å². The van der Waals surface area contributed by atoms with Crippen LogP contribution in [0.4, 0.5) is 14.5 Å². The summed E-state index contributed by atoms with van der Waals surface area (Å²) in [5, 5.41) is 25.1. The van der Waals surface area contributed by atoms with E-state index in [1.165, 1.54) is 13.1 Å². The molecule has 5 N–H and O–H groups in total. The number of nitrogens with zero attached hydrogens (tertiary/aromatic N) is 1. The molecule has 0 radical (unpaired) electrons. The molecule has 0 spiro atoms. The van der Waals surface area contributed by atoms with Gasteiger partial charge in [-0.1, -0.05) is 12.1 Å². The molecule has 1 amide bonds. The molecule has 1 atom stereocenters. The van der Waals surface area contributed by atoms with Crippen LogP contribution in [0.15, 0.2) is 41.7 Å². The number of carbonyl (C=O) groups excluding carboxylic acids is 1. The average molecular weight is 431 g/mol. The number of carbonyl (C=O) groups is 1. The fourth-order valence-corrected chi connectivity index (χ4v) is 3.52. The van der Waals surface area contributed by atoms with Crippen molar-refractivity contribution in [2.45, 2.75) is 25.7 Å². The van der Waals surface area contributed by atoms with Crippen LogP contribution in [0.3, 0.4) is 0 Å². The zero-order valence-electron chi connectivity index (χ0n) is 17.7. The summed E-state index contributed by atoms with van der Waals surface area (Å²) in [6, 6.07) is 7.30. The molecule has 1 saturated carbocycles. The smallest absolute Gasteiger partial charge is 0.253 e. The lowest BCUT2D eigenvalue weighted by atomic mass is 10.0. The first-order chi connectivity index (χ1) is 14.7. The maximum Gasteiger partial charge on any atom is 0.253 e. The van der Waals surface area contributed by atoms with Crippen molar-refractivity contribution in [3.63, 3.8) is 0 Å². The number of amidine groups is 1. The number of hydrogen-bond acceptors (Lipinski definition) is 5. The summed E-state index contributed by atoms with van der Waals surface area (Å²) in [5.41, 5.74) is 3.60. The number of benzene rings is 1. The van der Waals surface area contributed by atoms with Gasteiger partial charge in [-0.3, -0.25) is 10.2 Å². The van der Waals surface area contributed by atoms with Crippen molar-refractivity contribution in [1.29, 1.82) is 10.8 Å². The topological polar surface area (TPSA) is 104 Å². The second-order valence-corrected chi connectivity index (χ2v) is 7.80. The maximum atomic E-state index is 13.2. The Bertz CT molecular complexity index is 922. The summed E-state index contributed by atoms with van der Waals surface area (Å²) in [6.07, 6.45) is 3.37. The van der Waals surface area contributed by atoms with Crippen LogP contribution in [0.25, 0.3) is 5.57 Å². The Hall–Kier alpha value is -3.23. The molecule has 1 aliphatic heterocycles. The van der Waals surface area contributed by atoms with E-state index in [1.54, 1.807) is 30.3 Å². The number of alkyl halides is 2. The van der Waals surface area contributed by atoms with E-state index >= 15 is 0 Å². The van der Waals surface area contributed by atoms with Gasteiger partial charge < -0.3 is 26.3 Å². The molecule has 2 aliphatic rings. The summed E-state index contributed by atoms with van der Waals surface area (Å²) >= 11 is 0. The summed E-state index contributed by atoms with van der Waals surface area (Å²) in [5.74, 6) is -3.23. The van der Waals surface area contributed by atoms with Gasteiger partial charge in [-0.2, -0.15) is 0 Å². The van der Waals surface area contributed by atoms with Crippen LogP contribution in [0.1, 0.15) is 25.3 Å². The third-order valence-electron chi connectivity index (χ3n) is 5.55. The van der Waals surface area contributed by atoms with Crippen molar-refractivity contribution < 1.29 is 13.6 Å². The molecule has 1 unspecified atom stereocenters. The Kier molecular flexibility index (Phi) is 6.72. The Morgan fingerprint density at radius 1 is 1.32 bits per heavy atom. The monoisotopic (exact) mass is 430 g/mol. The molecular formula is C22H28F2N6O. The van der Waals surface area contributed by atoms with E-state index in [0.717, 1.165) is 16.8 Å². The lowest BCUT2D eigenvalue weighted by Crippen LogP contribution is -2.41. The van der Waals surface area contributed by atoms with Crippen LogP contribution in [0.2, 0.25) is 0 Å². The van der Waals surface area contributed by atoms with E-state index in [2.05, 4.69) is 16.0 Å². The van der Waals surface area contributed by atoms with Crippen molar-refractivity contribution in [3.05, 3.63) is 47.3 Å². The highest BCUT2D eigenvalue weighted by atomic mass is 19.3. The van der Waals surface area contributed by atoms with Gasteiger partial charge in [-0.05, 0) is 17.7 Å². The molecule has 0 aromatic heterocycles. The van der Waals surface area contributed by atoms with Gasteiger partial charge in [0.05, 0.1) is 6.54 Å². The summed E-state index contributed by atoms with van der Waals surface area (Å²) < 4.78 is 26.5. The third-order valence-corrected chi connectivity index (χ3v) is 5.55. The summed E-state index contributed by atoms with van der Waals surface area (Å²) in [4.78, 5) is 13.5. The van der Waals surface area contributed by atoms with Crippen molar-refractivity contribution in [1.82, 2.24) is 15.5 Å². The minimum absolute atomic E-state index is 0.0853. The molecule has 31 heavy (non-hydrogen) atoms. The fourth-order valence-electron chi connectivity index (χ4n) is 3.52. The first kappa shape index (κ1) is 22.5. The highest BCUT2D eigenvalue weighted by Gasteiger charge is 2.56. The van der Waals surface area contributed by atoms with Crippen LogP contribution in [-0.2, 0) is 4.79 Å². The Labute approximate surface area is 180 Å². The maximum absolute atomic E-state index is 13.2. The van der Waals surface area contributed by atoms with E-state index < -0.39 is 11.8 Å². The first-order valence-electron chi connectivity index (χ1n) is 10.2. The highest BCUT2D eigenvalue weighted by molar-refractivity contribution is 6.09. The fraction of sp³-hybridized carbons (Fsp3) is 0.409. The predicted octanol–water partition coefficient (Wildman–Crippen LogP) is 3.04. The normalized spacial score (nSPS) is 20.2. The minimum Gasteiger partial charge on any atom is -0.393 e. The van der Waals surface area contributed by atoms with E-state index in [-0.39, 0.29) is 31.3 Å². The molecular weight excluding hydrogens is 402 g/mol. The van der Waals surface area contributed by atoms with Crippen LogP contribution < -0.4 is 16.0 Å². The van der Waals surface area contributed by atoms with E-state index in [9.17, 15) is 13.6 Å². The molecule has 1 aromatic carbocycles. The SMILES string of the molecule is CN/C=C(\C=N)c1ccc(NC(=N)C2=C(NCC3CC3(F)F)CCN(C(C)=O)C2)cc1. The van der Waals surface area contributed by atoms with Crippen molar-refractivity contribution >= 4 is 29.2 Å². The average Bonchev–Trinajstić information content (AvgIpc) is 3.37. The van der Waals surface area contributed by atoms with Gasteiger partial charge >= 0.3 is 0 Å². The van der Waals surface area contributed by atoms with Gasteiger partial charge in [-0.15, -0.1) is 0 Å². The Morgan fingerprint density at radius 3 is 2.55 bits per heavy atom. The Balaban J connectivity index is 1.74. The molecule has 0 saturated heterocycles. The molecule has 0 bridgehead atoms. The molecule has 3 rings (SSSR count). The highest BCUT2D eigenvalue weighted by Crippen LogP contribution is 2.48. The standard InChI is InChI=1S/C22H28F2N6O/c1-14(31)30-8-7-20(28-12-17-9-22(17,23)24)19(13-30)21(26)29-18-5-3-15(4-6-18)16(10-25)11-27-2/h3-6,10-11,17,25,27-28H,7-9,12-13H2,1-2H3,(H2,26,29)/b16-11+,25-10?. The van der Waals surface area contributed by atoms with Gasteiger partial charge in [0.1, 0.15) is 5.84 Å². The van der Waals surface area contributed by atoms with Crippen molar-refractivity contribution in [2.75, 3.05) is 32.0 Å². The second-order valence-electron chi connectivity index (χ2n) is 7.80. The number of allylic oxidation sites excluding steroid dienone is 1.